The highest BCUT2D eigenvalue weighted by Gasteiger charge is 2.25. The van der Waals surface area contributed by atoms with Crippen molar-refractivity contribution in [1.82, 2.24) is 5.32 Å². The Morgan fingerprint density at radius 2 is 2.36 bits per heavy atom. The molecule has 1 saturated heterocycles. The molecule has 1 heterocycles. The molecule has 5 heteroatoms. The summed E-state index contributed by atoms with van der Waals surface area (Å²) in [7, 11) is 0. The summed E-state index contributed by atoms with van der Waals surface area (Å²) in [5.41, 5.74) is 5.40. The van der Waals surface area contributed by atoms with Crippen LogP contribution in [0.4, 0.5) is 0 Å². The van der Waals surface area contributed by atoms with E-state index in [0.717, 1.165) is 12.2 Å². The summed E-state index contributed by atoms with van der Waals surface area (Å²) in [5.74, 6) is 0.597. The van der Waals surface area contributed by atoms with Gasteiger partial charge in [-0.25, -0.2) is 0 Å². The highest BCUT2D eigenvalue weighted by molar-refractivity contribution is 8.00. The molecule has 3 nitrogen and oxygen atoms in total. The lowest BCUT2D eigenvalue weighted by atomic mass is 10.1. The molecule has 1 fully saturated rings. The van der Waals surface area contributed by atoms with Gasteiger partial charge in [0.15, 0.2) is 0 Å². The lowest BCUT2D eigenvalue weighted by Crippen LogP contribution is -2.42. The molecule has 1 amide bonds. The molecule has 3 atom stereocenters. The summed E-state index contributed by atoms with van der Waals surface area (Å²) in [5, 5.41) is 3.60. The zero-order chi connectivity index (χ0) is 10.7. The minimum atomic E-state index is -0.356. The van der Waals surface area contributed by atoms with Gasteiger partial charge in [0.25, 0.3) is 0 Å². The molecule has 3 N–H and O–H groups in total. The Morgan fingerprint density at radius 1 is 1.71 bits per heavy atom. The first kappa shape index (κ1) is 11.8. The third-order valence-electron chi connectivity index (χ3n) is 2.36. The van der Waals surface area contributed by atoms with Gasteiger partial charge in [-0.05, 0) is 13.3 Å². The van der Waals surface area contributed by atoms with Gasteiger partial charge in [-0.15, -0.1) is 0 Å². The fourth-order valence-electron chi connectivity index (χ4n) is 1.37. The van der Waals surface area contributed by atoms with Gasteiger partial charge in [0.1, 0.15) is 0 Å². The van der Waals surface area contributed by atoms with Crippen molar-refractivity contribution in [3.8, 4) is 0 Å². The van der Waals surface area contributed by atoms with E-state index < -0.39 is 0 Å². The Morgan fingerprint density at radius 3 is 2.79 bits per heavy atom. The van der Waals surface area contributed by atoms with E-state index in [-0.39, 0.29) is 16.8 Å². The summed E-state index contributed by atoms with van der Waals surface area (Å²) < 4.78 is 0. The SMILES string of the molecule is CC1CC(NC(=O)C(C)C(N)=S)CS1. The Hall–Kier alpha value is -0.290. The Bertz CT molecular complexity index is 245. The second-order valence-corrected chi connectivity index (χ2v) is 5.65. The van der Waals surface area contributed by atoms with Crippen molar-refractivity contribution < 1.29 is 4.79 Å². The third-order valence-corrected chi connectivity index (χ3v) is 4.07. The van der Waals surface area contributed by atoms with Crippen LogP contribution in [-0.4, -0.2) is 27.9 Å². The maximum atomic E-state index is 11.6. The fourth-order valence-corrected chi connectivity index (χ4v) is 2.63. The average molecular weight is 232 g/mol. The quantitative estimate of drug-likeness (QED) is 0.711. The molecule has 1 aliphatic rings. The van der Waals surface area contributed by atoms with Crippen molar-refractivity contribution in [2.24, 2.45) is 11.7 Å². The van der Waals surface area contributed by atoms with E-state index in [2.05, 4.69) is 12.2 Å². The maximum absolute atomic E-state index is 11.6. The van der Waals surface area contributed by atoms with Crippen LogP contribution in [0.15, 0.2) is 0 Å². The van der Waals surface area contributed by atoms with Gasteiger partial charge in [0.05, 0.1) is 10.9 Å². The van der Waals surface area contributed by atoms with Crippen LogP contribution >= 0.6 is 24.0 Å². The molecule has 1 rings (SSSR count). The first-order valence-electron chi connectivity index (χ1n) is 4.72. The van der Waals surface area contributed by atoms with Crippen LogP contribution in [0, 0.1) is 5.92 Å². The van der Waals surface area contributed by atoms with Crippen molar-refractivity contribution in [2.75, 3.05) is 5.75 Å². The molecule has 0 bridgehead atoms. The molecule has 1 aliphatic heterocycles. The largest absolute Gasteiger partial charge is 0.393 e. The molecule has 0 aromatic heterocycles. The number of amides is 1. The second-order valence-electron chi connectivity index (χ2n) is 3.71. The lowest BCUT2D eigenvalue weighted by molar-refractivity contribution is -0.123. The van der Waals surface area contributed by atoms with Crippen LogP contribution < -0.4 is 11.1 Å². The normalized spacial score (nSPS) is 28.4. The van der Waals surface area contributed by atoms with E-state index in [1.54, 1.807) is 6.92 Å². The number of rotatable bonds is 3. The van der Waals surface area contributed by atoms with Gasteiger partial charge in [-0.2, -0.15) is 11.8 Å². The summed E-state index contributed by atoms with van der Waals surface area (Å²) >= 11 is 6.66. The predicted octanol–water partition coefficient (Wildman–Crippen LogP) is 0.919. The third kappa shape index (κ3) is 3.13. The topological polar surface area (TPSA) is 55.1 Å². The van der Waals surface area contributed by atoms with Crippen LogP contribution in [0.3, 0.4) is 0 Å². The molecular weight excluding hydrogens is 216 g/mol. The smallest absolute Gasteiger partial charge is 0.229 e. The van der Waals surface area contributed by atoms with E-state index in [4.69, 9.17) is 18.0 Å². The highest BCUT2D eigenvalue weighted by Crippen LogP contribution is 2.25. The van der Waals surface area contributed by atoms with Gasteiger partial charge in [0.2, 0.25) is 5.91 Å². The van der Waals surface area contributed by atoms with Gasteiger partial charge in [-0.1, -0.05) is 19.1 Å². The number of hydrogen-bond donors (Lipinski definition) is 2. The summed E-state index contributed by atoms with van der Waals surface area (Å²) in [6.07, 6.45) is 1.04. The number of hydrogen-bond acceptors (Lipinski definition) is 3. The first-order chi connectivity index (χ1) is 6.50. The van der Waals surface area contributed by atoms with Crippen LogP contribution in [-0.2, 0) is 4.79 Å². The van der Waals surface area contributed by atoms with Crippen LogP contribution in [0.5, 0.6) is 0 Å². The standard InChI is InChI=1S/C9H16N2OS2/c1-5-3-7(4-14-5)11-9(12)6(2)8(10)13/h5-7H,3-4H2,1-2H3,(H2,10,13)(H,11,12). The molecule has 0 aromatic carbocycles. The van der Waals surface area contributed by atoms with Gasteiger partial charge in [0, 0.05) is 17.0 Å². The minimum absolute atomic E-state index is 0.0443. The van der Waals surface area contributed by atoms with E-state index in [1.807, 2.05) is 11.8 Å². The summed E-state index contributed by atoms with van der Waals surface area (Å²) in [6, 6.07) is 0.291. The first-order valence-corrected chi connectivity index (χ1v) is 6.17. The molecule has 0 saturated carbocycles. The number of carbonyl (C=O) groups is 1. The summed E-state index contributed by atoms with van der Waals surface area (Å²) in [6.45, 7) is 3.91. The van der Waals surface area contributed by atoms with Crippen molar-refractivity contribution in [3.05, 3.63) is 0 Å². The van der Waals surface area contributed by atoms with Gasteiger partial charge >= 0.3 is 0 Å². The molecule has 0 aliphatic carbocycles. The fraction of sp³-hybridized carbons (Fsp3) is 0.778. The molecule has 0 spiro atoms. The number of nitrogens with two attached hydrogens (primary N) is 1. The number of thiocarbonyl (C=S) groups is 1. The lowest BCUT2D eigenvalue weighted by Gasteiger charge is -2.15. The van der Waals surface area contributed by atoms with E-state index >= 15 is 0 Å². The van der Waals surface area contributed by atoms with Gasteiger partial charge in [-0.3, -0.25) is 4.79 Å². The zero-order valence-electron chi connectivity index (χ0n) is 8.45. The molecule has 14 heavy (non-hydrogen) atoms. The van der Waals surface area contributed by atoms with Crippen molar-refractivity contribution in [3.63, 3.8) is 0 Å². The molecule has 3 unspecified atom stereocenters. The average Bonchev–Trinajstić information content (AvgIpc) is 2.49. The molecule has 80 valence electrons. The number of nitrogens with one attached hydrogen (secondary N) is 1. The molecule has 0 aromatic rings. The zero-order valence-corrected chi connectivity index (χ0v) is 10.1. The molecule has 0 radical (unpaired) electrons. The monoisotopic (exact) mass is 232 g/mol. The Balaban J connectivity index is 2.37. The maximum Gasteiger partial charge on any atom is 0.229 e. The highest BCUT2D eigenvalue weighted by atomic mass is 32.2. The van der Waals surface area contributed by atoms with Crippen molar-refractivity contribution in [1.29, 1.82) is 0 Å². The Labute approximate surface area is 94.2 Å². The second kappa shape index (κ2) is 4.98. The minimum Gasteiger partial charge on any atom is -0.393 e. The van der Waals surface area contributed by atoms with E-state index in [1.165, 1.54) is 0 Å². The van der Waals surface area contributed by atoms with Crippen molar-refractivity contribution in [2.45, 2.75) is 31.6 Å². The van der Waals surface area contributed by atoms with Crippen LogP contribution in [0.2, 0.25) is 0 Å². The van der Waals surface area contributed by atoms with E-state index in [9.17, 15) is 4.79 Å². The van der Waals surface area contributed by atoms with Crippen LogP contribution in [0.25, 0.3) is 0 Å². The van der Waals surface area contributed by atoms with Crippen molar-refractivity contribution >= 4 is 34.9 Å². The number of carbonyl (C=O) groups excluding carboxylic acids is 1. The Kier molecular flexibility index (Phi) is 4.19. The van der Waals surface area contributed by atoms with E-state index in [0.29, 0.717) is 11.3 Å². The van der Waals surface area contributed by atoms with Crippen LogP contribution in [0.1, 0.15) is 20.3 Å². The molecular formula is C9H16N2OS2. The van der Waals surface area contributed by atoms with Gasteiger partial charge < -0.3 is 11.1 Å². The number of thioether (sulfide) groups is 1. The predicted molar refractivity (Wildman–Crippen MR) is 64.4 cm³/mol. The summed E-state index contributed by atoms with van der Waals surface area (Å²) in [4.78, 5) is 11.8.